The number of nitrogens with one attached hydrogen (secondary N) is 1. The van der Waals surface area contributed by atoms with Gasteiger partial charge in [-0.2, -0.15) is 5.10 Å². The van der Waals surface area contributed by atoms with Gasteiger partial charge in [0.15, 0.2) is 5.82 Å². The number of aryl methyl sites for hydroxylation is 1. The summed E-state index contributed by atoms with van der Waals surface area (Å²) in [6, 6.07) is 3.79. The van der Waals surface area contributed by atoms with E-state index in [2.05, 4.69) is 25.5 Å². The van der Waals surface area contributed by atoms with Crippen LogP contribution in [0.1, 0.15) is 16.0 Å². The summed E-state index contributed by atoms with van der Waals surface area (Å²) >= 11 is 3.24. The van der Waals surface area contributed by atoms with Gasteiger partial charge in [0, 0.05) is 35.0 Å². The number of aliphatic hydroxyl groups is 1. The first-order chi connectivity index (χ1) is 12.6. The SMILES string of the molecule is Cc1c(CC2(O)C=CSC2)sc2c(NN=Cc3cccnc3)ncnc12. The van der Waals surface area contributed by atoms with Crippen LogP contribution in [0.15, 0.2) is 47.4 Å². The molecule has 1 aliphatic rings. The molecule has 4 heterocycles. The highest BCUT2D eigenvalue weighted by atomic mass is 32.2. The van der Waals surface area contributed by atoms with E-state index < -0.39 is 5.60 Å². The predicted molar refractivity (Wildman–Crippen MR) is 108 cm³/mol. The molecule has 0 aliphatic carbocycles. The van der Waals surface area contributed by atoms with E-state index in [1.807, 2.05) is 30.5 Å². The van der Waals surface area contributed by atoms with Crippen molar-refractivity contribution in [3.8, 4) is 0 Å². The standard InChI is InChI=1S/C18H17N5OS2/c1-12-14(7-18(24)4-6-25-10-18)26-16-15(12)20-11-21-17(16)23-22-9-13-3-2-5-19-8-13/h2-6,8-9,11,24H,7,10H2,1H3,(H,20,21,23). The number of hydrazone groups is 1. The first kappa shape index (κ1) is 17.1. The Morgan fingerprint density at radius 3 is 3.12 bits per heavy atom. The smallest absolute Gasteiger partial charge is 0.167 e. The van der Waals surface area contributed by atoms with Gasteiger partial charge in [0.1, 0.15) is 6.33 Å². The number of pyridine rings is 1. The molecule has 0 aromatic carbocycles. The van der Waals surface area contributed by atoms with Gasteiger partial charge in [-0.1, -0.05) is 6.07 Å². The van der Waals surface area contributed by atoms with Crippen LogP contribution in [0, 0.1) is 6.92 Å². The Balaban J connectivity index is 1.61. The van der Waals surface area contributed by atoms with Gasteiger partial charge in [-0.3, -0.25) is 10.4 Å². The summed E-state index contributed by atoms with van der Waals surface area (Å²) in [5.41, 5.74) is 5.11. The van der Waals surface area contributed by atoms with E-state index in [1.54, 1.807) is 41.7 Å². The van der Waals surface area contributed by atoms with Crippen LogP contribution in [0.4, 0.5) is 5.82 Å². The lowest BCUT2D eigenvalue weighted by molar-refractivity contribution is 0.120. The van der Waals surface area contributed by atoms with E-state index in [4.69, 9.17) is 0 Å². The summed E-state index contributed by atoms with van der Waals surface area (Å²) in [6.45, 7) is 2.04. The zero-order valence-corrected chi connectivity index (χ0v) is 15.7. The third kappa shape index (κ3) is 3.48. The zero-order valence-electron chi connectivity index (χ0n) is 14.1. The highest BCUT2D eigenvalue weighted by Crippen LogP contribution is 2.37. The molecule has 3 aromatic heterocycles. The maximum absolute atomic E-state index is 10.6. The molecule has 0 bridgehead atoms. The average molecular weight is 384 g/mol. The number of nitrogens with zero attached hydrogens (tertiary/aromatic N) is 4. The van der Waals surface area contributed by atoms with Crippen molar-refractivity contribution in [2.24, 2.45) is 5.10 Å². The van der Waals surface area contributed by atoms with Crippen LogP contribution in [0.2, 0.25) is 0 Å². The van der Waals surface area contributed by atoms with Gasteiger partial charge in [0.2, 0.25) is 0 Å². The molecule has 26 heavy (non-hydrogen) atoms. The third-order valence-electron chi connectivity index (χ3n) is 4.15. The largest absolute Gasteiger partial charge is 0.385 e. The molecule has 4 rings (SSSR count). The summed E-state index contributed by atoms with van der Waals surface area (Å²) < 4.78 is 0.946. The van der Waals surface area contributed by atoms with Crippen LogP contribution in [0.5, 0.6) is 0 Å². The fourth-order valence-electron chi connectivity index (χ4n) is 2.74. The molecular weight excluding hydrogens is 366 g/mol. The van der Waals surface area contributed by atoms with Gasteiger partial charge in [0.25, 0.3) is 0 Å². The van der Waals surface area contributed by atoms with E-state index >= 15 is 0 Å². The first-order valence-electron chi connectivity index (χ1n) is 8.08. The van der Waals surface area contributed by atoms with E-state index in [9.17, 15) is 5.11 Å². The summed E-state index contributed by atoms with van der Waals surface area (Å²) in [4.78, 5) is 13.9. The van der Waals surface area contributed by atoms with Crippen LogP contribution in [0.25, 0.3) is 10.2 Å². The van der Waals surface area contributed by atoms with Crippen LogP contribution in [0.3, 0.4) is 0 Å². The lowest BCUT2D eigenvalue weighted by Crippen LogP contribution is -2.29. The molecule has 1 aliphatic heterocycles. The summed E-state index contributed by atoms with van der Waals surface area (Å²) in [5, 5.41) is 16.9. The Morgan fingerprint density at radius 2 is 2.35 bits per heavy atom. The van der Waals surface area contributed by atoms with Crippen molar-refractivity contribution in [3.05, 3.63) is 58.3 Å². The normalized spacial score (nSPS) is 19.6. The lowest BCUT2D eigenvalue weighted by Gasteiger charge is -2.18. The molecule has 1 unspecified atom stereocenters. The number of hydrogen-bond acceptors (Lipinski definition) is 8. The number of aromatic nitrogens is 3. The first-order valence-corrected chi connectivity index (χ1v) is 9.95. The molecular formula is C18H17N5OS2. The Labute approximate surface area is 159 Å². The van der Waals surface area contributed by atoms with Gasteiger partial charge in [-0.15, -0.1) is 23.1 Å². The molecule has 8 heteroatoms. The molecule has 0 saturated carbocycles. The maximum atomic E-state index is 10.6. The van der Waals surface area contributed by atoms with Gasteiger partial charge in [-0.25, -0.2) is 9.97 Å². The van der Waals surface area contributed by atoms with E-state index in [-0.39, 0.29) is 0 Å². The molecule has 0 radical (unpaired) electrons. The molecule has 6 nitrogen and oxygen atoms in total. The minimum Gasteiger partial charge on any atom is -0.385 e. The molecule has 0 fully saturated rings. The number of thiophene rings is 1. The monoisotopic (exact) mass is 383 g/mol. The second-order valence-electron chi connectivity index (χ2n) is 6.10. The Hall–Kier alpha value is -2.29. The minimum absolute atomic E-state index is 0.585. The molecule has 0 amide bonds. The summed E-state index contributed by atoms with van der Waals surface area (Å²) in [6.07, 6.45) is 9.16. The minimum atomic E-state index is -0.782. The van der Waals surface area contributed by atoms with Gasteiger partial charge in [-0.05, 0) is 30.0 Å². The number of rotatable bonds is 5. The average Bonchev–Trinajstić information content (AvgIpc) is 3.21. The van der Waals surface area contributed by atoms with Crippen molar-refractivity contribution in [1.29, 1.82) is 0 Å². The Morgan fingerprint density at radius 1 is 1.42 bits per heavy atom. The highest BCUT2D eigenvalue weighted by Gasteiger charge is 2.29. The molecule has 2 N–H and O–H groups in total. The van der Waals surface area contributed by atoms with Crippen molar-refractivity contribution in [2.75, 3.05) is 11.2 Å². The van der Waals surface area contributed by atoms with Crippen molar-refractivity contribution in [1.82, 2.24) is 15.0 Å². The third-order valence-corrected chi connectivity index (χ3v) is 6.43. The van der Waals surface area contributed by atoms with Crippen molar-refractivity contribution < 1.29 is 5.11 Å². The van der Waals surface area contributed by atoms with Crippen molar-refractivity contribution in [2.45, 2.75) is 18.9 Å². The second-order valence-corrected chi connectivity index (χ2v) is 8.10. The fraction of sp³-hybridized carbons (Fsp3) is 0.222. The quantitative estimate of drug-likeness (QED) is 0.519. The van der Waals surface area contributed by atoms with E-state index in [0.29, 0.717) is 18.0 Å². The van der Waals surface area contributed by atoms with Crippen molar-refractivity contribution >= 4 is 45.3 Å². The number of thioether (sulfide) groups is 1. The maximum Gasteiger partial charge on any atom is 0.167 e. The van der Waals surface area contributed by atoms with Crippen LogP contribution >= 0.6 is 23.1 Å². The number of fused-ring (bicyclic) bond motifs is 1. The summed E-state index contributed by atoms with van der Waals surface area (Å²) in [7, 11) is 0. The van der Waals surface area contributed by atoms with Gasteiger partial charge in [0.05, 0.1) is 22.0 Å². The Bertz CT molecular complexity index is 986. The molecule has 0 saturated heterocycles. The number of hydrogen-bond donors (Lipinski definition) is 2. The number of anilines is 1. The topological polar surface area (TPSA) is 83.3 Å². The second kappa shape index (κ2) is 7.14. The fourth-order valence-corrected chi connectivity index (χ4v) is 4.99. The predicted octanol–water partition coefficient (Wildman–Crippen LogP) is 3.37. The van der Waals surface area contributed by atoms with E-state index in [0.717, 1.165) is 26.2 Å². The molecule has 132 valence electrons. The Kier molecular flexibility index (Phi) is 4.71. The van der Waals surface area contributed by atoms with E-state index in [1.165, 1.54) is 6.33 Å². The lowest BCUT2D eigenvalue weighted by atomic mass is 10.00. The molecule has 0 spiro atoms. The highest BCUT2D eigenvalue weighted by molar-refractivity contribution is 8.02. The van der Waals surface area contributed by atoms with Crippen molar-refractivity contribution in [3.63, 3.8) is 0 Å². The van der Waals surface area contributed by atoms with Crippen LogP contribution < -0.4 is 5.43 Å². The summed E-state index contributed by atoms with van der Waals surface area (Å²) in [5.74, 6) is 1.35. The zero-order chi connectivity index (χ0) is 18.0. The van der Waals surface area contributed by atoms with Gasteiger partial charge < -0.3 is 5.11 Å². The van der Waals surface area contributed by atoms with Gasteiger partial charge >= 0.3 is 0 Å². The van der Waals surface area contributed by atoms with Crippen LogP contribution in [-0.4, -0.2) is 37.6 Å². The molecule has 1 atom stereocenters. The molecule has 3 aromatic rings. The van der Waals surface area contributed by atoms with Crippen LogP contribution in [-0.2, 0) is 6.42 Å².